The normalized spacial score (nSPS) is 18.4. The second kappa shape index (κ2) is 12.6. The van der Waals surface area contributed by atoms with E-state index in [9.17, 15) is 28.3 Å². The molecule has 0 bridgehead atoms. The molecule has 1 aliphatic heterocycles. The van der Waals surface area contributed by atoms with Crippen molar-refractivity contribution in [1.29, 1.82) is 0 Å². The van der Waals surface area contributed by atoms with Crippen molar-refractivity contribution >= 4 is 40.0 Å². The van der Waals surface area contributed by atoms with Crippen molar-refractivity contribution in [3.8, 4) is 28.3 Å². The maximum Gasteiger partial charge on any atom is 0.330 e. The highest BCUT2D eigenvalue weighted by Crippen LogP contribution is 2.52. The van der Waals surface area contributed by atoms with E-state index in [-0.39, 0.29) is 34.5 Å². The minimum absolute atomic E-state index is 0.00853. The second-order valence-electron chi connectivity index (χ2n) is 12.7. The molecule has 2 unspecified atom stereocenters. The molecule has 0 amide bonds. The van der Waals surface area contributed by atoms with Crippen LogP contribution < -0.4 is 21.3 Å². The number of benzene rings is 2. The van der Waals surface area contributed by atoms with Crippen LogP contribution in [0.15, 0.2) is 58.3 Å². The molecule has 15 heteroatoms. The predicted octanol–water partition coefficient (Wildman–Crippen LogP) is 5.17. The van der Waals surface area contributed by atoms with E-state index in [2.05, 4.69) is 20.2 Å². The molecule has 0 spiro atoms. The van der Waals surface area contributed by atoms with Gasteiger partial charge in [0.05, 0.1) is 35.5 Å². The highest BCUT2D eigenvalue weighted by molar-refractivity contribution is 6.36. The minimum Gasteiger partial charge on any atom is -0.481 e. The van der Waals surface area contributed by atoms with Gasteiger partial charge in [-0.05, 0) is 42.0 Å². The number of carboxylic acid groups (broad SMARTS) is 1. The van der Waals surface area contributed by atoms with Crippen LogP contribution in [-0.2, 0) is 25.4 Å². The lowest BCUT2D eigenvalue weighted by Crippen LogP contribution is -2.37. The molecular weight excluding hydrogens is 672 g/mol. The molecule has 4 heterocycles. The Hall–Kier alpha value is -5.21. The van der Waals surface area contributed by atoms with E-state index in [1.165, 1.54) is 21.2 Å². The molecule has 1 aliphatic carbocycles. The van der Waals surface area contributed by atoms with Gasteiger partial charge < -0.3 is 15.2 Å². The first-order valence-corrected chi connectivity index (χ1v) is 16.2. The van der Waals surface area contributed by atoms with Crippen LogP contribution in [0.25, 0.3) is 33.3 Å². The van der Waals surface area contributed by atoms with Crippen LogP contribution in [0.4, 0.5) is 20.3 Å². The molecule has 2 aromatic carbocycles. The molecule has 2 N–H and O–H groups in total. The molecule has 2 atom stereocenters. The van der Waals surface area contributed by atoms with Crippen molar-refractivity contribution < 1.29 is 23.4 Å². The summed E-state index contributed by atoms with van der Waals surface area (Å²) in [6.07, 6.45) is -1.31. The lowest BCUT2D eigenvalue weighted by atomic mass is 9.96. The zero-order valence-electron chi connectivity index (χ0n) is 27.4. The third-order valence-electron chi connectivity index (χ3n) is 9.78. The summed E-state index contributed by atoms with van der Waals surface area (Å²) in [4.78, 5) is 52.8. The van der Waals surface area contributed by atoms with Crippen LogP contribution in [0.1, 0.15) is 23.4 Å². The molecule has 258 valence electrons. The molecule has 1 saturated heterocycles. The molecule has 2 fully saturated rings. The summed E-state index contributed by atoms with van der Waals surface area (Å²) < 4.78 is 35.5. The number of nitrogens with one attached hydrogen (secondary N) is 1. The number of methoxy groups -OCH3 is 1. The zero-order chi connectivity index (χ0) is 35.6. The third kappa shape index (κ3) is 5.57. The number of aryl methyl sites for hydroxylation is 1. The summed E-state index contributed by atoms with van der Waals surface area (Å²) >= 11 is 7.04. The second-order valence-corrected chi connectivity index (χ2v) is 13.0. The Labute approximate surface area is 289 Å². The summed E-state index contributed by atoms with van der Waals surface area (Å²) in [5, 5.41) is 12.8. The number of anilines is 2. The van der Waals surface area contributed by atoms with Gasteiger partial charge in [-0.25, -0.2) is 23.5 Å². The van der Waals surface area contributed by atoms with E-state index in [1.807, 2.05) is 31.2 Å². The average Bonchev–Trinajstić information content (AvgIpc) is 3.62. The van der Waals surface area contributed by atoms with Gasteiger partial charge in [-0.2, -0.15) is 0 Å². The zero-order valence-corrected chi connectivity index (χ0v) is 28.2. The number of hydrogen-bond acceptors (Lipinski definition) is 9. The number of fused-ring (bicyclic) bond motifs is 2. The van der Waals surface area contributed by atoms with Crippen molar-refractivity contribution in [2.75, 3.05) is 25.5 Å². The number of hydrogen-bond donors (Lipinski definition) is 2. The number of piperidine rings is 1. The Balaban J connectivity index is 1.21. The predicted molar refractivity (Wildman–Crippen MR) is 183 cm³/mol. The summed E-state index contributed by atoms with van der Waals surface area (Å²) in [6, 6.07) is 11.9. The first kappa shape index (κ1) is 33.3. The van der Waals surface area contributed by atoms with Crippen molar-refractivity contribution in [2.24, 2.45) is 31.8 Å². The molecule has 2 aliphatic rings. The van der Waals surface area contributed by atoms with Gasteiger partial charge in [0.2, 0.25) is 5.88 Å². The molecule has 12 nitrogen and oxygen atoms in total. The summed E-state index contributed by atoms with van der Waals surface area (Å²) in [5.74, 6) is -0.406. The highest BCUT2D eigenvalue weighted by Gasteiger charge is 2.59. The molecule has 0 radical (unpaired) electrons. The number of alkyl halides is 2. The van der Waals surface area contributed by atoms with E-state index in [0.717, 1.165) is 20.8 Å². The van der Waals surface area contributed by atoms with E-state index in [4.69, 9.17) is 21.3 Å². The molecule has 3 aromatic heterocycles. The van der Waals surface area contributed by atoms with Crippen LogP contribution in [0.5, 0.6) is 5.88 Å². The number of aromatic nitrogens is 5. The molecule has 5 aromatic rings. The number of pyridine rings is 1. The smallest absolute Gasteiger partial charge is 0.330 e. The maximum atomic E-state index is 13.9. The Morgan fingerprint density at radius 2 is 1.74 bits per heavy atom. The van der Waals surface area contributed by atoms with Crippen LogP contribution >= 0.6 is 11.6 Å². The molecule has 7 rings (SSSR count). The minimum atomic E-state index is -2.94. The number of carbonyl (C=O) groups is 1. The van der Waals surface area contributed by atoms with Gasteiger partial charge in [-0.15, -0.1) is 0 Å². The lowest BCUT2D eigenvalue weighted by Gasteiger charge is -2.19. The quantitative estimate of drug-likeness (QED) is 0.211. The number of halogens is 3. The highest BCUT2D eigenvalue weighted by atomic mass is 35.5. The maximum absolute atomic E-state index is 13.9. The monoisotopic (exact) mass is 703 g/mol. The number of aliphatic carboxylic acids is 1. The lowest BCUT2D eigenvalue weighted by molar-refractivity contribution is -0.139. The Morgan fingerprint density at radius 3 is 2.42 bits per heavy atom. The van der Waals surface area contributed by atoms with Gasteiger partial charge in [-0.3, -0.25) is 28.6 Å². The molecule has 1 saturated carbocycles. The summed E-state index contributed by atoms with van der Waals surface area (Å²) in [6.45, 7) is 3.69. The molecular formula is C35H32ClF2N7O5. The first-order valence-electron chi connectivity index (χ1n) is 15.8. The first-order chi connectivity index (χ1) is 23.9. The van der Waals surface area contributed by atoms with E-state index >= 15 is 0 Å². The van der Waals surface area contributed by atoms with Crippen LogP contribution in [0.2, 0.25) is 5.02 Å². The average molecular weight is 704 g/mol. The van der Waals surface area contributed by atoms with Gasteiger partial charge >= 0.3 is 11.7 Å². The van der Waals surface area contributed by atoms with Crippen molar-refractivity contribution in [1.82, 2.24) is 29.0 Å². The van der Waals surface area contributed by atoms with Crippen molar-refractivity contribution in [2.45, 2.75) is 19.9 Å². The third-order valence-corrected chi connectivity index (χ3v) is 10.2. The van der Waals surface area contributed by atoms with E-state index < -0.39 is 29.3 Å². The van der Waals surface area contributed by atoms with E-state index in [0.29, 0.717) is 64.3 Å². The van der Waals surface area contributed by atoms with Crippen LogP contribution in [0.3, 0.4) is 0 Å². The topological polar surface area (TPSA) is 144 Å². The Bertz CT molecular complexity index is 2320. The SMILES string of the molecule is COc1nc(-c2cccc(-c3cccc(Nc4nc(C(F)F)cc5c4c(=O)n(C)c(=O)n5C)c3C)c2Cl)cnc1CN1CC2C(C1)C2C(=O)O. The fourth-order valence-corrected chi connectivity index (χ4v) is 7.38. The number of ether oxygens (including phenoxy) is 1. The summed E-state index contributed by atoms with van der Waals surface area (Å²) in [5.41, 5.74) is 2.42. The number of likely N-dealkylation sites (tertiary alicyclic amines) is 1. The van der Waals surface area contributed by atoms with Crippen molar-refractivity contribution in [3.63, 3.8) is 0 Å². The number of rotatable bonds is 9. The van der Waals surface area contributed by atoms with Crippen molar-refractivity contribution in [3.05, 3.63) is 91.5 Å². The standard InChI is InChI=1S/C35H32ClF2N7O5/c1-16-17(7-6-10-22(16)40-31-28-26(11-23(41-31)30(37)38)43(2)35(49)44(3)33(28)46)18-8-5-9-19(29(18)36)24-12-39-25(32(42-24)50-4)15-45-13-20-21(14-45)27(20)34(47)48/h5-12,20-21,27,30H,13-15H2,1-4H3,(H,40,41)(H,47,48). The number of nitrogens with zero attached hydrogens (tertiary/aromatic N) is 6. The fourth-order valence-electron chi connectivity index (χ4n) is 7.06. The van der Waals surface area contributed by atoms with E-state index in [1.54, 1.807) is 18.3 Å². The Kier molecular flexibility index (Phi) is 8.39. The fraction of sp³-hybridized carbons (Fsp3) is 0.314. The van der Waals surface area contributed by atoms with Gasteiger partial charge in [0.15, 0.2) is 0 Å². The largest absolute Gasteiger partial charge is 0.481 e. The van der Waals surface area contributed by atoms with Crippen LogP contribution in [0, 0.1) is 24.7 Å². The molecule has 50 heavy (non-hydrogen) atoms. The number of carboxylic acids is 1. The van der Waals surface area contributed by atoms with Gasteiger partial charge in [0.1, 0.15) is 22.6 Å². The summed E-state index contributed by atoms with van der Waals surface area (Å²) in [7, 11) is 4.24. The van der Waals surface area contributed by atoms with Crippen LogP contribution in [-0.4, -0.2) is 60.3 Å². The van der Waals surface area contributed by atoms with Gasteiger partial charge in [0.25, 0.3) is 12.0 Å². The Morgan fingerprint density at radius 1 is 1.06 bits per heavy atom. The van der Waals surface area contributed by atoms with Gasteiger partial charge in [-0.1, -0.05) is 41.9 Å². The van der Waals surface area contributed by atoms with Gasteiger partial charge in [0, 0.05) is 50.5 Å².